The van der Waals surface area contributed by atoms with Gasteiger partial charge in [0.15, 0.2) is 5.82 Å². The maximum Gasteiger partial charge on any atom is 0.408 e. The number of carbonyl (C=O) groups is 1. The smallest absolute Gasteiger partial charge is 0.408 e. The number of aromatic nitrogens is 2. The van der Waals surface area contributed by atoms with E-state index in [4.69, 9.17) is 9.26 Å². The number of alkyl carbamates (subject to hydrolysis) is 1. The highest BCUT2D eigenvalue weighted by atomic mass is 16.6. The molecule has 7 heteroatoms. The molecule has 0 spiro atoms. The Morgan fingerprint density at radius 2 is 2.00 bits per heavy atom. The number of hydrogen-bond donors (Lipinski definition) is 2. The number of nitrogens with one attached hydrogen (secondary N) is 1. The van der Waals surface area contributed by atoms with E-state index < -0.39 is 5.60 Å². The zero-order valence-electron chi connectivity index (χ0n) is 13.8. The third-order valence-electron chi connectivity index (χ3n) is 5.17. The fourth-order valence-corrected chi connectivity index (χ4v) is 4.08. The molecule has 5 rings (SSSR count). The van der Waals surface area contributed by atoms with Crippen LogP contribution in [-0.2, 0) is 10.2 Å². The van der Waals surface area contributed by atoms with Gasteiger partial charge in [-0.15, -0.1) is 0 Å². The molecule has 4 aliphatic rings. The van der Waals surface area contributed by atoms with E-state index in [0.717, 1.165) is 32.1 Å². The highest BCUT2D eigenvalue weighted by Gasteiger charge is 2.72. The second kappa shape index (κ2) is 4.47. The molecular weight excluding hydrogens is 298 g/mol. The van der Waals surface area contributed by atoms with Crippen LogP contribution in [0.4, 0.5) is 4.79 Å². The summed E-state index contributed by atoms with van der Waals surface area (Å²) in [6.45, 7) is 5.56. The quantitative estimate of drug-likeness (QED) is 0.884. The molecule has 23 heavy (non-hydrogen) atoms. The summed E-state index contributed by atoms with van der Waals surface area (Å²) >= 11 is 0. The molecule has 0 radical (unpaired) electrons. The van der Waals surface area contributed by atoms with E-state index in [9.17, 15) is 9.90 Å². The van der Waals surface area contributed by atoms with E-state index >= 15 is 0 Å². The molecule has 126 valence electrons. The molecule has 4 fully saturated rings. The van der Waals surface area contributed by atoms with Gasteiger partial charge in [-0.3, -0.25) is 0 Å². The average molecular weight is 321 g/mol. The topological polar surface area (TPSA) is 97.5 Å². The average Bonchev–Trinajstić information content (AvgIpc) is 2.74. The van der Waals surface area contributed by atoms with Gasteiger partial charge in [0.05, 0.1) is 11.5 Å². The van der Waals surface area contributed by atoms with Gasteiger partial charge in [-0.1, -0.05) is 5.16 Å². The van der Waals surface area contributed by atoms with Crippen LogP contribution in [0.1, 0.15) is 70.5 Å². The number of aliphatic hydroxyl groups is 1. The first kappa shape index (κ1) is 14.9. The van der Waals surface area contributed by atoms with Gasteiger partial charge in [0, 0.05) is 11.5 Å². The third-order valence-corrected chi connectivity index (χ3v) is 5.17. The Kier molecular flexibility index (Phi) is 2.90. The van der Waals surface area contributed by atoms with Gasteiger partial charge in [-0.05, 0) is 52.9 Å². The summed E-state index contributed by atoms with van der Waals surface area (Å²) < 4.78 is 10.8. The summed E-state index contributed by atoms with van der Waals surface area (Å²) in [5, 5.41) is 16.4. The predicted octanol–water partition coefficient (Wildman–Crippen LogP) is 2.01. The van der Waals surface area contributed by atoms with Crippen molar-refractivity contribution >= 4 is 6.09 Å². The molecule has 1 amide bonds. The molecule has 0 aliphatic heterocycles. The summed E-state index contributed by atoms with van der Waals surface area (Å²) in [5.41, 5.74) is -0.716. The molecule has 1 heterocycles. The number of hydrogen-bond acceptors (Lipinski definition) is 6. The number of ether oxygens (including phenoxy) is 1. The minimum absolute atomic E-state index is 0.0668. The van der Waals surface area contributed by atoms with E-state index in [-0.39, 0.29) is 29.1 Å². The number of carbonyl (C=O) groups excluding carboxylic acids is 1. The largest absolute Gasteiger partial charge is 0.444 e. The van der Waals surface area contributed by atoms with Crippen LogP contribution in [-0.4, -0.2) is 38.6 Å². The van der Waals surface area contributed by atoms with Gasteiger partial charge in [-0.2, -0.15) is 4.98 Å². The van der Waals surface area contributed by atoms with Gasteiger partial charge in [0.1, 0.15) is 5.60 Å². The molecule has 0 unspecified atom stereocenters. The third kappa shape index (κ3) is 2.41. The van der Waals surface area contributed by atoms with Crippen LogP contribution in [0.2, 0.25) is 0 Å². The molecule has 2 N–H and O–H groups in total. The van der Waals surface area contributed by atoms with Gasteiger partial charge in [0.2, 0.25) is 5.89 Å². The predicted molar refractivity (Wildman–Crippen MR) is 79.9 cm³/mol. The Bertz CT molecular complexity index is 622. The Morgan fingerprint density at radius 1 is 1.35 bits per heavy atom. The van der Waals surface area contributed by atoms with Crippen LogP contribution in [0.25, 0.3) is 0 Å². The van der Waals surface area contributed by atoms with Crippen molar-refractivity contribution in [1.82, 2.24) is 15.5 Å². The minimum Gasteiger partial charge on any atom is -0.444 e. The lowest BCUT2D eigenvalue weighted by Crippen LogP contribution is -2.77. The second-order valence-electron chi connectivity index (χ2n) is 8.50. The van der Waals surface area contributed by atoms with Crippen molar-refractivity contribution in [2.45, 2.75) is 81.5 Å². The van der Waals surface area contributed by atoms with Crippen molar-refractivity contribution in [3.05, 3.63) is 11.7 Å². The lowest BCUT2D eigenvalue weighted by molar-refractivity contribution is -0.105. The molecule has 4 saturated carbocycles. The highest BCUT2D eigenvalue weighted by Crippen LogP contribution is 2.67. The van der Waals surface area contributed by atoms with Crippen LogP contribution in [0, 0.1) is 0 Å². The molecule has 2 bridgehead atoms. The highest BCUT2D eigenvalue weighted by molar-refractivity contribution is 5.70. The lowest BCUT2D eigenvalue weighted by Gasteiger charge is -2.68. The summed E-state index contributed by atoms with van der Waals surface area (Å²) in [6, 6.07) is 0. The van der Waals surface area contributed by atoms with Gasteiger partial charge in [-0.25, -0.2) is 4.79 Å². The van der Waals surface area contributed by atoms with Crippen LogP contribution in [0.3, 0.4) is 0 Å². The summed E-state index contributed by atoms with van der Waals surface area (Å²) in [6.07, 6.45) is 3.33. The van der Waals surface area contributed by atoms with E-state index in [0.29, 0.717) is 11.7 Å². The molecule has 1 aromatic rings. The second-order valence-corrected chi connectivity index (χ2v) is 8.50. The normalized spacial score (nSPS) is 38.1. The Morgan fingerprint density at radius 3 is 2.57 bits per heavy atom. The summed E-state index contributed by atoms with van der Waals surface area (Å²) in [4.78, 5) is 16.4. The van der Waals surface area contributed by atoms with Gasteiger partial charge >= 0.3 is 6.09 Å². The molecule has 1 aromatic heterocycles. The molecule has 0 atom stereocenters. The number of nitrogens with zero attached hydrogens (tertiary/aromatic N) is 2. The lowest BCUT2D eigenvalue weighted by atomic mass is 9.39. The van der Waals surface area contributed by atoms with Crippen LogP contribution < -0.4 is 5.32 Å². The Labute approximate surface area is 134 Å². The number of aliphatic hydroxyl groups excluding tert-OH is 1. The van der Waals surface area contributed by atoms with Crippen LogP contribution in [0.5, 0.6) is 0 Å². The number of rotatable bonds is 3. The number of amides is 1. The fraction of sp³-hybridized carbons (Fsp3) is 0.812. The maximum atomic E-state index is 11.9. The van der Waals surface area contributed by atoms with Gasteiger partial charge < -0.3 is 19.7 Å². The molecule has 0 aromatic carbocycles. The van der Waals surface area contributed by atoms with Crippen molar-refractivity contribution in [3.63, 3.8) is 0 Å². The van der Waals surface area contributed by atoms with E-state index in [2.05, 4.69) is 15.5 Å². The molecular formula is C16H23N3O4. The standard InChI is InChI=1S/C16H23N3O4/c1-14(2,3)22-13(21)18-16-6-15(7-16,8-16)12-17-11(19-23-12)9-4-10(20)5-9/h9-10,20H,4-8H2,1-3H3,(H,18,21). The van der Waals surface area contributed by atoms with Crippen molar-refractivity contribution in [2.24, 2.45) is 0 Å². The van der Waals surface area contributed by atoms with E-state index in [1.807, 2.05) is 20.8 Å². The Balaban J connectivity index is 1.34. The minimum atomic E-state index is -0.486. The van der Waals surface area contributed by atoms with Crippen LogP contribution in [0.15, 0.2) is 4.52 Å². The van der Waals surface area contributed by atoms with Crippen molar-refractivity contribution in [1.29, 1.82) is 0 Å². The van der Waals surface area contributed by atoms with Crippen LogP contribution >= 0.6 is 0 Å². The van der Waals surface area contributed by atoms with Gasteiger partial charge in [0.25, 0.3) is 0 Å². The molecule has 7 nitrogen and oxygen atoms in total. The van der Waals surface area contributed by atoms with E-state index in [1.54, 1.807) is 0 Å². The first-order valence-electron chi connectivity index (χ1n) is 8.22. The fourth-order valence-electron chi connectivity index (χ4n) is 4.08. The summed E-state index contributed by atoms with van der Waals surface area (Å²) in [7, 11) is 0. The van der Waals surface area contributed by atoms with Crippen molar-refractivity contribution < 1.29 is 19.2 Å². The SMILES string of the molecule is CC(C)(C)OC(=O)NC12CC(c3nc(C4CC(O)C4)no3)(C1)C2. The molecule has 4 aliphatic carbocycles. The van der Waals surface area contributed by atoms with Crippen molar-refractivity contribution in [3.8, 4) is 0 Å². The zero-order chi connectivity index (χ0) is 16.5. The van der Waals surface area contributed by atoms with Crippen molar-refractivity contribution in [2.75, 3.05) is 0 Å². The van der Waals surface area contributed by atoms with E-state index in [1.165, 1.54) is 0 Å². The zero-order valence-corrected chi connectivity index (χ0v) is 13.8. The molecule has 0 saturated heterocycles. The summed E-state index contributed by atoms with van der Waals surface area (Å²) in [5.74, 6) is 1.62. The Hall–Kier alpha value is -1.63. The first-order valence-corrected chi connectivity index (χ1v) is 8.22. The monoisotopic (exact) mass is 321 g/mol. The first-order chi connectivity index (χ1) is 10.7. The maximum absolute atomic E-state index is 11.9.